The second-order valence-corrected chi connectivity index (χ2v) is 5.97. The Labute approximate surface area is 131 Å². The Hall–Kier alpha value is -1.26. The molecule has 1 atom stereocenters. The number of hydrogen-bond acceptors (Lipinski definition) is 3. The van der Waals surface area contributed by atoms with Crippen molar-refractivity contribution < 1.29 is 14.3 Å². The molecule has 1 aromatic carbocycles. The number of carbonyl (C=O) groups is 1. The van der Waals surface area contributed by atoms with E-state index in [-0.39, 0.29) is 5.91 Å². The van der Waals surface area contributed by atoms with Crippen LogP contribution in [0, 0.1) is 5.92 Å². The topological polar surface area (TPSA) is 47.6 Å². The number of rotatable bonds is 7. The van der Waals surface area contributed by atoms with Crippen LogP contribution in [0.25, 0.3) is 0 Å². The summed E-state index contributed by atoms with van der Waals surface area (Å²) in [5.74, 6) is 0.760. The number of anilines is 1. The Morgan fingerprint density at radius 1 is 1.43 bits per heavy atom. The third-order valence-corrected chi connectivity index (χ3v) is 3.45. The zero-order valence-electron chi connectivity index (χ0n) is 13.3. The second kappa shape index (κ2) is 7.66. The molecule has 0 saturated carbocycles. The number of amides is 1. The predicted molar refractivity (Wildman–Crippen MR) is 86.1 cm³/mol. The van der Waals surface area contributed by atoms with E-state index < -0.39 is 5.60 Å². The van der Waals surface area contributed by atoms with Gasteiger partial charge in [-0.15, -0.1) is 0 Å². The van der Waals surface area contributed by atoms with Crippen molar-refractivity contribution in [1.82, 2.24) is 0 Å². The van der Waals surface area contributed by atoms with E-state index in [1.165, 1.54) is 0 Å². The molecule has 0 aromatic heterocycles. The fourth-order valence-corrected chi connectivity index (χ4v) is 2.58. The molecule has 0 aliphatic carbocycles. The molecule has 0 saturated heterocycles. The summed E-state index contributed by atoms with van der Waals surface area (Å²) in [7, 11) is 1.55. The number of carbonyl (C=O) groups excluding carboxylic acids is 1. The zero-order valence-corrected chi connectivity index (χ0v) is 14.1. The maximum Gasteiger partial charge on any atom is 0.256 e. The summed E-state index contributed by atoms with van der Waals surface area (Å²) in [5, 5.41) is 3.32. The molecular formula is C16H24ClNO3. The van der Waals surface area contributed by atoms with Crippen LogP contribution in [-0.2, 0) is 9.53 Å². The molecule has 1 amide bonds. The minimum Gasteiger partial charge on any atom is -0.495 e. The van der Waals surface area contributed by atoms with Gasteiger partial charge in [0, 0.05) is 12.3 Å². The highest BCUT2D eigenvalue weighted by molar-refractivity contribution is 6.32. The van der Waals surface area contributed by atoms with Gasteiger partial charge >= 0.3 is 0 Å². The van der Waals surface area contributed by atoms with Crippen molar-refractivity contribution >= 4 is 23.2 Å². The largest absolute Gasteiger partial charge is 0.495 e. The molecule has 0 bridgehead atoms. The number of halogens is 1. The van der Waals surface area contributed by atoms with Crippen LogP contribution in [0.15, 0.2) is 18.2 Å². The van der Waals surface area contributed by atoms with Crippen molar-refractivity contribution in [3.05, 3.63) is 23.2 Å². The van der Waals surface area contributed by atoms with Gasteiger partial charge in [-0.3, -0.25) is 4.79 Å². The van der Waals surface area contributed by atoms with Crippen LogP contribution < -0.4 is 10.1 Å². The molecule has 1 aromatic rings. The van der Waals surface area contributed by atoms with Gasteiger partial charge in [-0.05, 0) is 44.4 Å². The first kappa shape index (κ1) is 17.8. The van der Waals surface area contributed by atoms with Gasteiger partial charge in [-0.25, -0.2) is 0 Å². The van der Waals surface area contributed by atoms with Crippen LogP contribution in [-0.4, -0.2) is 25.2 Å². The number of methoxy groups -OCH3 is 1. The van der Waals surface area contributed by atoms with Gasteiger partial charge < -0.3 is 14.8 Å². The first-order valence-corrected chi connectivity index (χ1v) is 7.49. The monoisotopic (exact) mass is 313 g/mol. The van der Waals surface area contributed by atoms with E-state index in [2.05, 4.69) is 19.2 Å². The summed E-state index contributed by atoms with van der Waals surface area (Å²) < 4.78 is 10.8. The molecule has 0 radical (unpaired) electrons. The SMILES string of the molecule is CCO[C@](C)(CC(C)C)C(=O)Nc1ccc(OC)c(Cl)c1. The molecular weight excluding hydrogens is 290 g/mol. The fourth-order valence-electron chi connectivity index (χ4n) is 2.32. The van der Waals surface area contributed by atoms with Crippen LogP contribution in [0.2, 0.25) is 5.02 Å². The molecule has 1 rings (SSSR count). The van der Waals surface area contributed by atoms with Gasteiger partial charge in [0.05, 0.1) is 12.1 Å². The molecule has 0 fully saturated rings. The summed E-state index contributed by atoms with van der Waals surface area (Å²) in [6, 6.07) is 5.14. The lowest BCUT2D eigenvalue weighted by atomic mass is 9.93. The Balaban J connectivity index is 2.88. The van der Waals surface area contributed by atoms with E-state index in [0.717, 1.165) is 0 Å². The molecule has 0 spiro atoms. The van der Waals surface area contributed by atoms with Crippen LogP contribution in [0.1, 0.15) is 34.1 Å². The highest BCUT2D eigenvalue weighted by atomic mass is 35.5. The minimum absolute atomic E-state index is 0.167. The van der Waals surface area contributed by atoms with Gasteiger partial charge in [0.15, 0.2) is 0 Å². The molecule has 0 aliphatic heterocycles. The van der Waals surface area contributed by atoms with Gasteiger partial charge in [0.1, 0.15) is 11.4 Å². The van der Waals surface area contributed by atoms with Crippen molar-refractivity contribution in [3.8, 4) is 5.75 Å². The van der Waals surface area contributed by atoms with Gasteiger partial charge in [0.2, 0.25) is 0 Å². The number of nitrogens with one attached hydrogen (secondary N) is 1. The van der Waals surface area contributed by atoms with E-state index in [1.54, 1.807) is 25.3 Å². The lowest BCUT2D eigenvalue weighted by Crippen LogP contribution is -2.43. The normalized spacial score (nSPS) is 13.9. The Morgan fingerprint density at radius 2 is 2.10 bits per heavy atom. The number of ether oxygens (including phenoxy) is 2. The second-order valence-electron chi connectivity index (χ2n) is 5.57. The van der Waals surface area contributed by atoms with Crippen LogP contribution >= 0.6 is 11.6 Å². The molecule has 0 aliphatic rings. The summed E-state index contributed by atoms with van der Waals surface area (Å²) in [5.41, 5.74) is -0.226. The molecule has 21 heavy (non-hydrogen) atoms. The summed E-state index contributed by atoms with van der Waals surface area (Å²) >= 11 is 6.07. The highest BCUT2D eigenvalue weighted by Gasteiger charge is 2.34. The third kappa shape index (κ3) is 4.90. The van der Waals surface area contributed by atoms with Crippen molar-refractivity contribution in [2.24, 2.45) is 5.92 Å². The van der Waals surface area contributed by atoms with Gasteiger partial charge in [0.25, 0.3) is 5.91 Å². The molecule has 4 nitrogen and oxygen atoms in total. The lowest BCUT2D eigenvalue weighted by molar-refractivity contribution is -0.140. The van der Waals surface area contributed by atoms with Gasteiger partial charge in [-0.1, -0.05) is 25.4 Å². The van der Waals surface area contributed by atoms with Gasteiger partial charge in [-0.2, -0.15) is 0 Å². The Bertz CT molecular complexity index is 490. The van der Waals surface area contributed by atoms with Crippen LogP contribution in [0.4, 0.5) is 5.69 Å². The highest BCUT2D eigenvalue weighted by Crippen LogP contribution is 2.29. The maximum atomic E-state index is 12.5. The first-order valence-electron chi connectivity index (χ1n) is 7.11. The predicted octanol–water partition coefficient (Wildman–Crippen LogP) is 4.13. The molecule has 0 heterocycles. The quantitative estimate of drug-likeness (QED) is 0.823. The molecule has 1 N–H and O–H groups in total. The van der Waals surface area contributed by atoms with Crippen molar-refractivity contribution in [2.45, 2.75) is 39.7 Å². The fraction of sp³-hybridized carbons (Fsp3) is 0.562. The van der Waals surface area contributed by atoms with E-state index in [1.807, 2.05) is 13.8 Å². The maximum absolute atomic E-state index is 12.5. The van der Waals surface area contributed by atoms with Crippen molar-refractivity contribution in [2.75, 3.05) is 19.0 Å². The van der Waals surface area contributed by atoms with E-state index >= 15 is 0 Å². The number of benzene rings is 1. The standard InChI is InChI=1S/C16H24ClNO3/c1-6-21-16(4,10-11(2)3)15(19)18-12-7-8-14(20-5)13(17)9-12/h7-9,11H,6,10H2,1-5H3,(H,18,19)/t16-/m1/s1. The lowest BCUT2D eigenvalue weighted by Gasteiger charge is -2.30. The molecule has 118 valence electrons. The summed E-state index contributed by atoms with van der Waals surface area (Å²) in [6.07, 6.45) is 0.649. The third-order valence-electron chi connectivity index (χ3n) is 3.15. The van der Waals surface area contributed by atoms with Crippen molar-refractivity contribution in [3.63, 3.8) is 0 Å². The van der Waals surface area contributed by atoms with Crippen LogP contribution in [0.3, 0.4) is 0 Å². The summed E-state index contributed by atoms with van der Waals surface area (Å²) in [4.78, 5) is 12.5. The Kier molecular flexibility index (Phi) is 6.49. The van der Waals surface area contributed by atoms with Crippen LogP contribution in [0.5, 0.6) is 5.75 Å². The number of hydrogen-bond donors (Lipinski definition) is 1. The van der Waals surface area contributed by atoms with E-state index in [0.29, 0.717) is 35.4 Å². The smallest absolute Gasteiger partial charge is 0.256 e. The minimum atomic E-state index is -0.852. The van der Waals surface area contributed by atoms with E-state index in [9.17, 15) is 4.79 Å². The zero-order chi connectivity index (χ0) is 16.0. The molecule has 5 heteroatoms. The van der Waals surface area contributed by atoms with Crippen molar-refractivity contribution in [1.29, 1.82) is 0 Å². The Morgan fingerprint density at radius 3 is 2.57 bits per heavy atom. The molecule has 0 unspecified atom stereocenters. The summed E-state index contributed by atoms with van der Waals surface area (Å²) in [6.45, 7) is 8.32. The first-order chi connectivity index (χ1) is 9.82. The van der Waals surface area contributed by atoms with E-state index in [4.69, 9.17) is 21.1 Å². The average molecular weight is 314 g/mol. The average Bonchev–Trinajstić information content (AvgIpc) is 2.38.